The van der Waals surface area contributed by atoms with Crippen molar-refractivity contribution in [3.63, 3.8) is 0 Å². The molecule has 0 bridgehead atoms. The van der Waals surface area contributed by atoms with E-state index >= 15 is 0 Å². The van der Waals surface area contributed by atoms with Gasteiger partial charge in [-0.05, 0) is 13.8 Å². The Morgan fingerprint density at radius 3 is 2.08 bits per heavy atom. The highest BCUT2D eigenvalue weighted by atomic mass is 32.2. The number of hydrogen-bond acceptors (Lipinski definition) is 3. The predicted molar refractivity (Wildman–Crippen MR) is 59.2 cm³/mol. The highest BCUT2D eigenvalue weighted by Crippen LogP contribution is 2.15. The lowest BCUT2D eigenvalue weighted by molar-refractivity contribution is -0.122. The van der Waals surface area contributed by atoms with Gasteiger partial charge in [-0.15, -0.1) is 11.8 Å². The van der Waals surface area contributed by atoms with Crippen LogP contribution in [0.15, 0.2) is 0 Å². The Bertz CT molecular complexity index is 104. The van der Waals surface area contributed by atoms with Gasteiger partial charge in [-0.3, -0.25) is 9.69 Å². The first-order chi connectivity index (χ1) is 6.22. The predicted octanol–water partition coefficient (Wildman–Crippen LogP) is 2.13. The summed E-state index contributed by atoms with van der Waals surface area (Å²) in [5.41, 5.74) is 0. The van der Waals surface area contributed by atoms with Crippen LogP contribution in [0.4, 0.5) is 0 Å². The number of hydrogen-bond donors (Lipinski definition) is 1. The lowest BCUT2D eigenvalue weighted by Crippen LogP contribution is -2.27. The molecule has 0 amide bonds. The minimum absolute atomic E-state index is 0.250. The molecular weight excluding hydrogens is 186 g/mol. The second-order valence-electron chi connectivity index (χ2n) is 2.55. The number of carbonyl (C=O) groups is 1. The van der Waals surface area contributed by atoms with E-state index in [0.29, 0.717) is 0 Å². The quantitative estimate of drug-likeness (QED) is 0.669. The van der Waals surface area contributed by atoms with Gasteiger partial charge in [0.15, 0.2) is 0 Å². The van der Waals surface area contributed by atoms with Gasteiger partial charge in [-0.2, -0.15) is 0 Å². The van der Waals surface area contributed by atoms with E-state index in [9.17, 15) is 0 Å². The zero-order chi connectivity index (χ0) is 10.7. The maximum absolute atomic E-state index is 8.36. The van der Waals surface area contributed by atoms with Crippen LogP contribution < -0.4 is 0 Å². The number of thioether (sulfide) groups is 1. The van der Waals surface area contributed by atoms with Crippen molar-refractivity contribution < 1.29 is 9.90 Å². The summed E-state index contributed by atoms with van der Waals surface area (Å²) in [5.74, 6) is 2.58. The van der Waals surface area contributed by atoms with Gasteiger partial charge >= 0.3 is 0 Å². The highest BCUT2D eigenvalue weighted by Gasteiger charge is 2.13. The van der Waals surface area contributed by atoms with Gasteiger partial charge in [-0.1, -0.05) is 13.8 Å². The summed E-state index contributed by atoms with van der Waals surface area (Å²) in [6, 6.07) is 0.755. The van der Waals surface area contributed by atoms with Crippen LogP contribution in [0.3, 0.4) is 0 Å². The molecule has 4 heteroatoms. The molecule has 0 aromatic heterocycles. The third-order valence-corrected chi connectivity index (χ3v) is 2.50. The van der Waals surface area contributed by atoms with Gasteiger partial charge in [0.25, 0.3) is 6.47 Å². The van der Waals surface area contributed by atoms with Crippen molar-refractivity contribution in [2.75, 3.05) is 18.2 Å². The van der Waals surface area contributed by atoms with E-state index in [-0.39, 0.29) is 6.47 Å². The molecule has 1 rings (SSSR count). The standard InChI is InChI=1S/C6H13NS.C2H6.CH2O2/c1-6(2)7-3-4-8-5-7;1-2;2-1-3/h6H,3-5H2,1-2H3;1-2H3;1H,(H,2,3). The van der Waals surface area contributed by atoms with Crippen LogP contribution in [0, 0.1) is 0 Å². The van der Waals surface area contributed by atoms with Gasteiger partial charge in [0.2, 0.25) is 0 Å². The van der Waals surface area contributed by atoms with Crippen LogP contribution in [0.5, 0.6) is 0 Å². The lowest BCUT2D eigenvalue weighted by atomic mass is 10.3. The molecule has 0 radical (unpaired) electrons. The fourth-order valence-electron chi connectivity index (χ4n) is 0.835. The van der Waals surface area contributed by atoms with Crippen LogP contribution >= 0.6 is 11.8 Å². The minimum Gasteiger partial charge on any atom is -0.483 e. The van der Waals surface area contributed by atoms with E-state index in [4.69, 9.17) is 9.90 Å². The Hall–Kier alpha value is -0.220. The summed E-state index contributed by atoms with van der Waals surface area (Å²) in [6.07, 6.45) is 0. The molecule has 3 nitrogen and oxygen atoms in total. The molecule has 1 fully saturated rings. The maximum Gasteiger partial charge on any atom is 0.290 e. The molecule has 0 spiro atoms. The molecule has 0 unspecified atom stereocenters. The van der Waals surface area contributed by atoms with Crippen molar-refractivity contribution in [3.8, 4) is 0 Å². The van der Waals surface area contributed by atoms with Crippen molar-refractivity contribution in [2.45, 2.75) is 33.7 Å². The van der Waals surface area contributed by atoms with Crippen molar-refractivity contribution in [1.82, 2.24) is 4.90 Å². The summed E-state index contributed by atoms with van der Waals surface area (Å²) in [6.45, 7) is 9.56. The summed E-state index contributed by atoms with van der Waals surface area (Å²) in [7, 11) is 0. The molecule has 13 heavy (non-hydrogen) atoms. The fraction of sp³-hybridized carbons (Fsp3) is 0.889. The Kier molecular flexibility index (Phi) is 13.8. The largest absolute Gasteiger partial charge is 0.483 e. The molecule has 1 N–H and O–H groups in total. The summed E-state index contributed by atoms with van der Waals surface area (Å²) < 4.78 is 0. The van der Waals surface area contributed by atoms with Crippen molar-refractivity contribution >= 4 is 18.2 Å². The first-order valence-corrected chi connectivity index (χ1v) is 5.77. The third kappa shape index (κ3) is 9.70. The van der Waals surface area contributed by atoms with Gasteiger partial charge in [-0.25, -0.2) is 0 Å². The number of nitrogens with zero attached hydrogens (tertiary/aromatic N) is 1. The first kappa shape index (κ1) is 15.3. The number of carboxylic acid groups (broad SMARTS) is 1. The maximum atomic E-state index is 8.36. The Labute approximate surface area is 85.5 Å². The average Bonchev–Trinajstić information content (AvgIpc) is 2.61. The second-order valence-corrected chi connectivity index (χ2v) is 3.62. The molecule has 0 aromatic rings. The number of rotatable bonds is 1. The minimum atomic E-state index is -0.250. The zero-order valence-corrected chi connectivity index (χ0v) is 9.80. The third-order valence-electron chi connectivity index (χ3n) is 1.51. The van der Waals surface area contributed by atoms with E-state index in [1.54, 1.807) is 0 Å². The van der Waals surface area contributed by atoms with E-state index in [2.05, 4.69) is 18.7 Å². The molecule has 1 aliphatic heterocycles. The monoisotopic (exact) mass is 207 g/mol. The van der Waals surface area contributed by atoms with Gasteiger partial charge in [0.1, 0.15) is 0 Å². The first-order valence-electron chi connectivity index (χ1n) is 4.62. The van der Waals surface area contributed by atoms with E-state index in [0.717, 1.165) is 6.04 Å². The van der Waals surface area contributed by atoms with Crippen molar-refractivity contribution in [1.29, 1.82) is 0 Å². The highest BCUT2D eigenvalue weighted by molar-refractivity contribution is 7.99. The summed E-state index contributed by atoms with van der Waals surface area (Å²) in [4.78, 5) is 10.9. The van der Waals surface area contributed by atoms with Gasteiger partial charge in [0, 0.05) is 24.2 Å². The van der Waals surface area contributed by atoms with Crippen molar-refractivity contribution in [2.24, 2.45) is 0 Å². The van der Waals surface area contributed by atoms with Gasteiger partial charge in [0.05, 0.1) is 0 Å². The SMILES string of the molecule is CC.CC(C)N1CCSC1.O=CO. The Morgan fingerprint density at radius 2 is 1.92 bits per heavy atom. The summed E-state index contributed by atoms with van der Waals surface area (Å²) in [5, 5.41) is 6.89. The molecule has 0 aliphatic carbocycles. The fourth-order valence-corrected chi connectivity index (χ4v) is 1.99. The molecule has 1 saturated heterocycles. The molecule has 0 aromatic carbocycles. The van der Waals surface area contributed by atoms with E-state index < -0.39 is 0 Å². The smallest absolute Gasteiger partial charge is 0.290 e. The Balaban J connectivity index is 0. The molecule has 0 atom stereocenters. The van der Waals surface area contributed by atoms with Crippen LogP contribution in [-0.2, 0) is 4.79 Å². The average molecular weight is 207 g/mol. The van der Waals surface area contributed by atoms with Crippen LogP contribution in [-0.4, -0.2) is 40.7 Å². The normalized spacial score (nSPS) is 15.5. The molecule has 1 aliphatic rings. The van der Waals surface area contributed by atoms with Crippen LogP contribution in [0.1, 0.15) is 27.7 Å². The second kappa shape index (κ2) is 11.8. The van der Waals surface area contributed by atoms with Crippen LogP contribution in [0.2, 0.25) is 0 Å². The molecular formula is C9H21NO2S. The molecule has 0 saturated carbocycles. The zero-order valence-electron chi connectivity index (χ0n) is 8.99. The van der Waals surface area contributed by atoms with Gasteiger partial charge < -0.3 is 5.11 Å². The van der Waals surface area contributed by atoms with Crippen LogP contribution in [0.25, 0.3) is 0 Å². The lowest BCUT2D eigenvalue weighted by Gasteiger charge is -2.17. The van der Waals surface area contributed by atoms with E-state index in [1.807, 2.05) is 25.6 Å². The molecule has 1 heterocycles. The molecule has 80 valence electrons. The topological polar surface area (TPSA) is 40.5 Å². The van der Waals surface area contributed by atoms with Crippen molar-refractivity contribution in [3.05, 3.63) is 0 Å². The Morgan fingerprint density at radius 1 is 1.46 bits per heavy atom. The van der Waals surface area contributed by atoms with E-state index in [1.165, 1.54) is 18.2 Å². The summed E-state index contributed by atoms with van der Waals surface area (Å²) >= 11 is 2.04.